The second-order valence-electron chi connectivity index (χ2n) is 1.80. The Bertz CT molecular complexity index is 72.0. The van der Waals surface area contributed by atoms with Crippen LogP contribution >= 0.6 is 33.0 Å². The van der Waals surface area contributed by atoms with Crippen LogP contribution in [0.25, 0.3) is 0 Å². The molecule has 0 rings (SSSR count). The summed E-state index contributed by atoms with van der Waals surface area (Å²) in [5, 5.41) is 0. The third-order valence-electron chi connectivity index (χ3n) is 0.884. The summed E-state index contributed by atoms with van der Waals surface area (Å²) in [5.74, 6) is 0. The van der Waals surface area contributed by atoms with Gasteiger partial charge in [-0.05, 0) is 0 Å². The number of nitrogens with one attached hydrogen (secondary N) is 1. The van der Waals surface area contributed by atoms with Gasteiger partial charge >= 0.3 is 70.2 Å². The predicted molar refractivity (Wildman–Crippen MR) is 52.9 cm³/mol. The first-order valence-electron chi connectivity index (χ1n) is 2.93. The van der Waals surface area contributed by atoms with E-state index in [1.807, 2.05) is 0 Å². The summed E-state index contributed by atoms with van der Waals surface area (Å²) < 4.78 is 7.11. The number of thiol groups is 1. The van der Waals surface area contributed by atoms with E-state index in [9.17, 15) is 0 Å². The fraction of sp³-hybridized carbons (Fsp3) is 1.00. The first-order valence-corrected chi connectivity index (χ1v) is 7.03. The second-order valence-corrected chi connectivity index (χ2v) is 8.45. The number of alkyl halides is 2. The van der Waals surface area contributed by atoms with Crippen molar-refractivity contribution in [1.29, 1.82) is 0 Å². The van der Waals surface area contributed by atoms with Gasteiger partial charge in [-0.3, -0.25) is 0 Å². The van der Waals surface area contributed by atoms with Crippen LogP contribution in [0.3, 0.4) is 0 Å². The van der Waals surface area contributed by atoms with Gasteiger partial charge in [-0.2, -0.15) is 0 Å². The van der Waals surface area contributed by atoms with Crippen molar-refractivity contribution in [2.75, 3.05) is 4.43 Å². The average molecular weight is 263 g/mol. The Hall–Kier alpha value is 1.000. The minimum atomic E-state index is -1.13. The molecule has 0 aromatic rings. The molecule has 0 aromatic carbocycles. The number of hydrogen-bond donors (Lipinski definition) is 2. The van der Waals surface area contributed by atoms with Gasteiger partial charge in [0.25, 0.3) is 0 Å². The molecule has 0 aliphatic rings. The summed E-state index contributed by atoms with van der Waals surface area (Å²) >= 11 is 2.64. The van der Waals surface area contributed by atoms with Crippen LogP contribution in [-0.2, 0) is 3.17 Å². The molecular weight excluding hydrogens is 249 g/mol. The zero-order valence-corrected chi connectivity index (χ0v) is 9.07. The Kier molecular flexibility index (Phi) is 6.40. The Morgan fingerprint density at radius 1 is 1.67 bits per heavy atom. The standard InChI is InChI=1S/C5H14INOS/c1-4-6(5(2)3)8-7-9/h5,7,9H,4H2,1-3H3. The fourth-order valence-corrected chi connectivity index (χ4v) is 3.93. The molecule has 0 spiro atoms. The molecule has 2 nitrogen and oxygen atoms in total. The van der Waals surface area contributed by atoms with Crippen molar-refractivity contribution in [2.24, 2.45) is 0 Å². The van der Waals surface area contributed by atoms with E-state index in [1.54, 1.807) is 0 Å². The van der Waals surface area contributed by atoms with Gasteiger partial charge in [0.2, 0.25) is 0 Å². The second kappa shape index (κ2) is 5.76. The van der Waals surface area contributed by atoms with Crippen molar-refractivity contribution >= 4 is 33.0 Å². The molecule has 58 valence electrons. The number of halogens is 1. The zero-order chi connectivity index (χ0) is 7.28. The van der Waals surface area contributed by atoms with E-state index in [0.29, 0.717) is 3.92 Å². The van der Waals surface area contributed by atoms with Gasteiger partial charge < -0.3 is 0 Å². The molecule has 4 heteroatoms. The molecule has 0 amide bonds. The third kappa shape index (κ3) is 4.41. The van der Waals surface area contributed by atoms with Crippen LogP contribution < -0.4 is 4.89 Å². The maximum atomic E-state index is 5.22. The van der Waals surface area contributed by atoms with Crippen molar-refractivity contribution in [2.45, 2.75) is 24.7 Å². The average Bonchev–Trinajstić information content (AvgIpc) is 1.82. The van der Waals surface area contributed by atoms with E-state index in [0.717, 1.165) is 0 Å². The first kappa shape index (κ1) is 10.0. The summed E-state index contributed by atoms with van der Waals surface area (Å²) in [6.45, 7) is 6.55. The summed E-state index contributed by atoms with van der Waals surface area (Å²) in [6.07, 6.45) is 0. The van der Waals surface area contributed by atoms with Crippen LogP contribution in [0, 0.1) is 0 Å². The van der Waals surface area contributed by atoms with Gasteiger partial charge in [0.05, 0.1) is 0 Å². The van der Waals surface area contributed by atoms with Gasteiger partial charge in [-0.1, -0.05) is 0 Å². The third-order valence-corrected chi connectivity index (χ3v) is 6.39. The van der Waals surface area contributed by atoms with Crippen LogP contribution in [0.2, 0.25) is 0 Å². The molecule has 0 aliphatic carbocycles. The summed E-state index contributed by atoms with van der Waals surface area (Å²) in [7, 11) is 0. The van der Waals surface area contributed by atoms with Gasteiger partial charge in [0.1, 0.15) is 0 Å². The van der Waals surface area contributed by atoms with Gasteiger partial charge in [-0.15, -0.1) is 0 Å². The van der Waals surface area contributed by atoms with Crippen molar-refractivity contribution in [3.8, 4) is 0 Å². The first-order chi connectivity index (χ1) is 4.22. The Balaban J connectivity index is 3.41. The van der Waals surface area contributed by atoms with Crippen LogP contribution in [-0.4, -0.2) is 8.35 Å². The topological polar surface area (TPSA) is 21.3 Å². The Morgan fingerprint density at radius 2 is 2.22 bits per heavy atom. The van der Waals surface area contributed by atoms with E-state index in [-0.39, 0.29) is 0 Å². The molecular formula is C5H14INOS. The quantitative estimate of drug-likeness (QED) is 0.351. The molecule has 0 aliphatic heterocycles. The molecule has 0 heterocycles. The zero-order valence-electron chi connectivity index (χ0n) is 6.02. The van der Waals surface area contributed by atoms with Crippen LogP contribution in [0.5, 0.6) is 0 Å². The Morgan fingerprint density at radius 3 is 2.33 bits per heavy atom. The van der Waals surface area contributed by atoms with Crippen molar-refractivity contribution < 1.29 is 3.17 Å². The fourth-order valence-electron chi connectivity index (χ4n) is 0.497. The number of rotatable bonds is 4. The molecule has 0 atom stereocenters. The van der Waals surface area contributed by atoms with Crippen LogP contribution in [0.1, 0.15) is 20.8 Å². The van der Waals surface area contributed by atoms with Crippen molar-refractivity contribution in [3.05, 3.63) is 0 Å². The van der Waals surface area contributed by atoms with Gasteiger partial charge in [0, 0.05) is 0 Å². The monoisotopic (exact) mass is 263 g/mol. The van der Waals surface area contributed by atoms with E-state index < -0.39 is 20.2 Å². The summed E-state index contributed by atoms with van der Waals surface area (Å²) in [4.78, 5) is 2.46. The molecule has 0 radical (unpaired) electrons. The molecule has 0 aromatic heterocycles. The predicted octanol–water partition coefficient (Wildman–Crippen LogP) is 2.20. The van der Waals surface area contributed by atoms with E-state index >= 15 is 0 Å². The normalized spacial score (nSPS) is 12.3. The van der Waals surface area contributed by atoms with E-state index in [2.05, 4.69) is 38.5 Å². The molecule has 9 heavy (non-hydrogen) atoms. The van der Waals surface area contributed by atoms with Crippen molar-refractivity contribution in [1.82, 2.24) is 4.89 Å². The maximum absolute atomic E-state index is 5.22. The molecule has 0 saturated heterocycles. The molecule has 0 unspecified atom stereocenters. The molecule has 0 fully saturated rings. The van der Waals surface area contributed by atoms with Crippen LogP contribution in [0.4, 0.5) is 0 Å². The number of hydrogen-bond acceptors (Lipinski definition) is 3. The van der Waals surface area contributed by atoms with E-state index in [4.69, 9.17) is 3.17 Å². The van der Waals surface area contributed by atoms with Gasteiger partial charge in [0.15, 0.2) is 0 Å². The van der Waals surface area contributed by atoms with Gasteiger partial charge in [-0.25, -0.2) is 0 Å². The summed E-state index contributed by atoms with van der Waals surface area (Å²) in [6, 6.07) is 0. The molecule has 0 saturated carbocycles. The molecule has 0 bridgehead atoms. The Labute approximate surface area is 70.2 Å². The van der Waals surface area contributed by atoms with Crippen LogP contribution in [0.15, 0.2) is 0 Å². The van der Waals surface area contributed by atoms with E-state index in [1.165, 1.54) is 4.43 Å². The molecule has 1 N–H and O–H groups in total. The minimum absolute atomic E-state index is 0.707. The SMILES string of the molecule is CCI(ONS)C(C)C. The summed E-state index contributed by atoms with van der Waals surface area (Å²) in [5.41, 5.74) is 0. The van der Waals surface area contributed by atoms with Crippen molar-refractivity contribution in [3.63, 3.8) is 0 Å².